The van der Waals surface area contributed by atoms with Crippen LogP contribution in [0.4, 0.5) is 0 Å². The van der Waals surface area contributed by atoms with Crippen molar-refractivity contribution in [1.82, 2.24) is 4.90 Å². The summed E-state index contributed by atoms with van der Waals surface area (Å²) in [5.74, 6) is 3.03. The summed E-state index contributed by atoms with van der Waals surface area (Å²) in [6.45, 7) is 4.46. The Labute approximate surface area is 138 Å². The van der Waals surface area contributed by atoms with Gasteiger partial charge in [-0.15, -0.1) is 0 Å². The number of nitrogens with zero attached hydrogens (tertiary/aromatic N) is 2. The molecule has 2 rings (SSSR count). The zero-order chi connectivity index (χ0) is 15.5. The summed E-state index contributed by atoms with van der Waals surface area (Å²) < 4.78 is 5.67. The van der Waals surface area contributed by atoms with Gasteiger partial charge in [0.15, 0.2) is 5.96 Å². The van der Waals surface area contributed by atoms with Gasteiger partial charge in [0.1, 0.15) is 0 Å². The normalized spacial score (nSPS) is 16.0. The van der Waals surface area contributed by atoms with E-state index in [1.807, 2.05) is 17.8 Å². The van der Waals surface area contributed by atoms with Crippen molar-refractivity contribution in [3.05, 3.63) is 35.9 Å². The Hall–Kier alpha value is -1.20. The van der Waals surface area contributed by atoms with E-state index in [0.717, 1.165) is 63.6 Å². The number of unbranched alkanes of at least 4 members (excludes halogenated alkanes) is 1. The van der Waals surface area contributed by atoms with E-state index in [9.17, 15) is 0 Å². The molecule has 0 aromatic heterocycles. The zero-order valence-electron chi connectivity index (χ0n) is 13.2. The average molecular weight is 321 g/mol. The molecule has 0 bridgehead atoms. The number of ether oxygens (including phenoxy) is 1. The lowest BCUT2D eigenvalue weighted by atomic mass is 10.2. The predicted octanol–water partition coefficient (Wildman–Crippen LogP) is 2.39. The van der Waals surface area contributed by atoms with E-state index < -0.39 is 0 Å². The molecule has 0 unspecified atom stereocenters. The van der Waals surface area contributed by atoms with Gasteiger partial charge in [0.2, 0.25) is 0 Å². The summed E-state index contributed by atoms with van der Waals surface area (Å²) in [6, 6.07) is 10.5. The Kier molecular flexibility index (Phi) is 8.20. The van der Waals surface area contributed by atoms with Crippen LogP contribution in [0.3, 0.4) is 0 Å². The SMILES string of the molecule is NC(=NCCCCOCCc1ccccc1)N1CCSCC1. The molecule has 4 nitrogen and oxygen atoms in total. The molecule has 1 aromatic carbocycles. The van der Waals surface area contributed by atoms with Gasteiger partial charge in [0, 0.05) is 37.7 Å². The number of benzene rings is 1. The van der Waals surface area contributed by atoms with Crippen LogP contribution in [0.25, 0.3) is 0 Å². The number of rotatable bonds is 8. The highest BCUT2D eigenvalue weighted by atomic mass is 32.2. The Morgan fingerprint density at radius 1 is 1.14 bits per heavy atom. The molecule has 0 radical (unpaired) electrons. The molecule has 0 amide bonds. The molecule has 1 heterocycles. The lowest BCUT2D eigenvalue weighted by Crippen LogP contribution is -2.42. The molecule has 5 heteroatoms. The van der Waals surface area contributed by atoms with Gasteiger partial charge in [0.25, 0.3) is 0 Å². The van der Waals surface area contributed by atoms with Gasteiger partial charge in [-0.1, -0.05) is 30.3 Å². The smallest absolute Gasteiger partial charge is 0.191 e. The lowest BCUT2D eigenvalue weighted by Gasteiger charge is -2.27. The number of hydrogen-bond acceptors (Lipinski definition) is 3. The number of thioether (sulfide) groups is 1. The van der Waals surface area contributed by atoms with Crippen molar-refractivity contribution >= 4 is 17.7 Å². The van der Waals surface area contributed by atoms with E-state index >= 15 is 0 Å². The second-order valence-corrected chi connectivity index (χ2v) is 6.62. The first-order valence-corrected chi connectivity index (χ1v) is 9.26. The molecule has 1 aliphatic heterocycles. The predicted molar refractivity (Wildman–Crippen MR) is 95.6 cm³/mol. The van der Waals surface area contributed by atoms with Crippen LogP contribution >= 0.6 is 11.8 Å². The molecule has 1 saturated heterocycles. The molecule has 0 aliphatic carbocycles. The van der Waals surface area contributed by atoms with Crippen LogP contribution in [0.2, 0.25) is 0 Å². The van der Waals surface area contributed by atoms with E-state index in [2.05, 4.69) is 34.2 Å². The van der Waals surface area contributed by atoms with Crippen molar-refractivity contribution in [1.29, 1.82) is 0 Å². The number of nitrogens with two attached hydrogens (primary N) is 1. The molecule has 122 valence electrons. The van der Waals surface area contributed by atoms with Crippen LogP contribution < -0.4 is 5.73 Å². The van der Waals surface area contributed by atoms with Crippen molar-refractivity contribution in [2.24, 2.45) is 10.7 Å². The molecule has 2 N–H and O–H groups in total. The number of guanidine groups is 1. The minimum Gasteiger partial charge on any atom is -0.381 e. The Morgan fingerprint density at radius 2 is 1.91 bits per heavy atom. The highest BCUT2D eigenvalue weighted by Gasteiger charge is 2.11. The maximum atomic E-state index is 6.01. The van der Waals surface area contributed by atoms with Crippen LogP contribution in [-0.2, 0) is 11.2 Å². The zero-order valence-corrected chi connectivity index (χ0v) is 14.1. The van der Waals surface area contributed by atoms with Gasteiger partial charge in [0.05, 0.1) is 6.61 Å². The Bertz CT molecular complexity index is 433. The molecule has 0 atom stereocenters. The summed E-state index contributed by atoms with van der Waals surface area (Å²) in [6.07, 6.45) is 3.06. The second-order valence-electron chi connectivity index (χ2n) is 5.39. The van der Waals surface area contributed by atoms with Crippen LogP contribution in [0, 0.1) is 0 Å². The lowest BCUT2D eigenvalue weighted by molar-refractivity contribution is 0.134. The van der Waals surface area contributed by atoms with E-state index in [-0.39, 0.29) is 0 Å². The first kappa shape index (κ1) is 17.2. The fraction of sp³-hybridized carbons (Fsp3) is 0.588. The standard InChI is InChI=1S/C17H27N3OS/c18-17(20-10-14-22-15-11-20)19-9-4-5-12-21-13-8-16-6-2-1-3-7-16/h1-3,6-7H,4-5,8-15H2,(H2,18,19). The maximum Gasteiger partial charge on any atom is 0.191 e. The van der Waals surface area contributed by atoms with Crippen molar-refractivity contribution in [3.63, 3.8) is 0 Å². The van der Waals surface area contributed by atoms with E-state index in [1.54, 1.807) is 0 Å². The van der Waals surface area contributed by atoms with Crippen LogP contribution in [0.5, 0.6) is 0 Å². The average Bonchev–Trinajstić information content (AvgIpc) is 2.59. The molecular weight excluding hydrogens is 294 g/mol. The molecule has 1 aliphatic rings. The first-order chi connectivity index (χ1) is 10.9. The minimum absolute atomic E-state index is 0.713. The second kappa shape index (κ2) is 10.5. The summed E-state index contributed by atoms with van der Waals surface area (Å²) >= 11 is 1.99. The summed E-state index contributed by atoms with van der Waals surface area (Å²) in [5, 5.41) is 0. The molecule has 1 fully saturated rings. The minimum atomic E-state index is 0.713. The third-order valence-electron chi connectivity index (χ3n) is 3.68. The van der Waals surface area contributed by atoms with Gasteiger partial charge in [-0.25, -0.2) is 0 Å². The van der Waals surface area contributed by atoms with Crippen LogP contribution in [0.1, 0.15) is 18.4 Å². The third kappa shape index (κ3) is 6.71. The van der Waals surface area contributed by atoms with Crippen molar-refractivity contribution < 1.29 is 4.74 Å². The molecule has 0 saturated carbocycles. The van der Waals surface area contributed by atoms with E-state index in [1.165, 1.54) is 5.56 Å². The van der Waals surface area contributed by atoms with Gasteiger partial charge in [-0.2, -0.15) is 11.8 Å². The summed E-state index contributed by atoms with van der Waals surface area (Å²) in [7, 11) is 0. The number of hydrogen-bond donors (Lipinski definition) is 1. The van der Waals surface area contributed by atoms with Gasteiger partial charge in [-0.3, -0.25) is 4.99 Å². The van der Waals surface area contributed by atoms with Crippen molar-refractivity contribution in [2.45, 2.75) is 19.3 Å². The van der Waals surface area contributed by atoms with Crippen molar-refractivity contribution in [3.8, 4) is 0 Å². The summed E-state index contributed by atoms with van der Waals surface area (Å²) in [5.41, 5.74) is 7.34. The van der Waals surface area contributed by atoms with Gasteiger partial charge in [-0.05, 0) is 24.8 Å². The monoisotopic (exact) mass is 321 g/mol. The third-order valence-corrected chi connectivity index (χ3v) is 4.63. The van der Waals surface area contributed by atoms with Gasteiger partial charge >= 0.3 is 0 Å². The van der Waals surface area contributed by atoms with E-state index in [4.69, 9.17) is 10.5 Å². The largest absolute Gasteiger partial charge is 0.381 e. The van der Waals surface area contributed by atoms with Crippen LogP contribution in [0.15, 0.2) is 35.3 Å². The maximum absolute atomic E-state index is 6.01. The van der Waals surface area contributed by atoms with Crippen molar-refractivity contribution in [2.75, 3.05) is 44.4 Å². The topological polar surface area (TPSA) is 50.9 Å². The highest BCUT2D eigenvalue weighted by Crippen LogP contribution is 2.08. The Morgan fingerprint density at radius 3 is 2.68 bits per heavy atom. The van der Waals surface area contributed by atoms with Crippen LogP contribution in [-0.4, -0.2) is 55.2 Å². The fourth-order valence-electron chi connectivity index (χ4n) is 2.34. The molecular formula is C17H27N3OS. The quantitative estimate of drug-likeness (QED) is 0.454. The molecule has 1 aromatic rings. The first-order valence-electron chi connectivity index (χ1n) is 8.10. The Balaban J connectivity index is 1.47. The molecule has 0 spiro atoms. The molecule has 22 heavy (non-hydrogen) atoms. The van der Waals surface area contributed by atoms with E-state index in [0.29, 0.717) is 5.96 Å². The highest BCUT2D eigenvalue weighted by molar-refractivity contribution is 7.99. The van der Waals surface area contributed by atoms with Gasteiger partial charge < -0.3 is 15.4 Å². The number of aliphatic imine (C=N–C) groups is 1. The fourth-order valence-corrected chi connectivity index (χ4v) is 3.24. The summed E-state index contributed by atoms with van der Waals surface area (Å²) in [4.78, 5) is 6.66.